The lowest BCUT2D eigenvalue weighted by Gasteiger charge is -2.42. The zero-order valence-electron chi connectivity index (χ0n) is 19.7. The third-order valence-electron chi connectivity index (χ3n) is 6.68. The molecule has 180 valence electrons. The Kier molecular flexibility index (Phi) is 7.44. The lowest BCUT2D eigenvalue weighted by atomic mass is 9.90. The van der Waals surface area contributed by atoms with Crippen molar-refractivity contribution in [2.75, 3.05) is 64.6 Å². The molecule has 2 heterocycles. The van der Waals surface area contributed by atoms with Gasteiger partial charge >= 0.3 is 0 Å². The second-order valence-electron chi connectivity index (χ2n) is 9.45. The number of aliphatic hydroxyl groups is 2. The minimum absolute atomic E-state index is 0.151. The van der Waals surface area contributed by atoms with Crippen molar-refractivity contribution < 1.29 is 24.4 Å². The molecule has 2 N–H and O–H groups in total. The minimum atomic E-state index is -1.13. The summed E-state index contributed by atoms with van der Waals surface area (Å²) in [6.45, 7) is 6.06. The van der Waals surface area contributed by atoms with E-state index >= 15 is 0 Å². The predicted octanol–water partition coefficient (Wildman–Crippen LogP) is 2.48. The van der Waals surface area contributed by atoms with E-state index in [-0.39, 0.29) is 13.2 Å². The van der Waals surface area contributed by atoms with E-state index in [0.717, 1.165) is 35.8 Å². The number of ether oxygens (including phenoxy) is 3. The number of nitrogens with zero attached hydrogens (tertiary/aromatic N) is 2. The van der Waals surface area contributed by atoms with Crippen molar-refractivity contribution in [3.8, 4) is 11.5 Å². The van der Waals surface area contributed by atoms with Gasteiger partial charge in [0.25, 0.3) is 0 Å². The van der Waals surface area contributed by atoms with E-state index in [4.69, 9.17) is 14.2 Å². The molecule has 2 saturated heterocycles. The fourth-order valence-electron chi connectivity index (χ4n) is 4.70. The van der Waals surface area contributed by atoms with Gasteiger partial charge in [-0.05, 0) is 55.7 Å². The van der Waals surface area contributed by atoms with Gasteiger partial charge in [0.15, 0.2) is 0 Å². The van der Waals surface area contributed by atoms with Crippen LogP contribution in [0.3, 0.4) is 0 Å². The highest BCUT2D eigenvalue weighted by Crippen LogP contribution is 2.29. The molecule has 0 radical (unpaired) electrons. The van der Waals surface area contributed by atoms with Gasteiger partial charge in [-0.2, -0.15) is 0 Å². The largest absolute Gasteiger partial charge is 0.497 e. The molecule has 0 aromatic heterocycles. The monoisotopic (exact) mass is 456 g/mol. The van der Waals surface area contributed by atoms with Crippen molar-refractivity contribution in [3.63, 3.8) is 0 Å². The van der Waals surface area contributed by atoms with E-state index in [1.807, 2.05) is 43.3 Å². The Hall–Kier alpha value is -2.32. The first-order valence-electron chi connectivity index (χ1n) is 11.7. The molecule has 7 heteroatoms. The van der Waals surface area contributed by atoms with Crippen LogP contribution in [-0.2, 0) is 4.74 Å². The summed E-state index contributed by atoms with van der Waals surface area (Å²) in [5.41, 5.74) is 0.263. The van der Waals surface area contributed by atoms with Crippen LogP contribution in [0.4, 0.5) is 5.69 Å². The van der Waals surface area contributed by atoms with Crippen molar-refractivity contribution in [2.24, 2.45) is 0 Å². The first-order chi connectivity index (χ1) is 15.9. The summed E-state index contributed by atoms with van der Waals surface area (Å²) in [7, 11) is 1.67. The highest BCUT2D eigenvalue weighted by Gasteiger charge is 2.39. The molecule has 4 rings (SSSR count). The smallest absolute Gasteiger partial charge is 0.134 e. The summed E-state index contributed by atoms with van der Waals surface area (Å²) in [4.78, 5) is 4.42. The first kappa shape index (κ1) is 23.8. The second-order valence-corrected chi connectivity index (χ2v) is 9.45. The molecule has 0 amide bonds. The molecule has 0 unspecified atom stereocenters. The predicted molar refractivity (Wildman–Crippen MR) is 128 cm³/mol. The third-order valence-corrected chi connectivity index (χ3v) is 6.68. The summed E-state index contributed by atoms with van der Waals surface area (Å²) in [6, 6.07) is 15.8. The van der Waals surface area contributed by atoms with Crippen LogP contribution in [0, 0.1) is 6.92 Å². The number of β-amino-alcohol motifs (C(OH)–C–C–N with tert-alkyl or cyclic N) is 2. The second kappa shape index (κ2) is 10.3. The minimum Gasteiger partial charge on any atom is -0.497 e. The molecule has 0 aliphatic carbocycles. The Labute approximate surface area is 196 Å². The molecule has 7 nitrogen and oxygen atoms in total. The van der Waals surface area contributed by atoms with Crippen LogP contribution in [0.2, 0.25) is 0 Å². The summed E-state index contributed by atoms with van der Waals surface area (Å²) in [5, 5.41) is 22.6. The number of anilines is 1. The van der Waals surface area contributed by atoms with Gasteiger partial charge in [0.2, 0.25) is 0 Å². The zero-order valence-corrected chi connectivity index (χ0v) is 19.7. The topological polar surface area (TPSA) is 74.6 Å². The maximum Gasteiger partial charge on any atom is 0.134 e. The third kappa shape index (κ3) is 6.18. The van der Waals surface area contributed by atoms with Gasteiger partial charge in [-0.3, -0.25) is 4.90 Å². The van der Waals surface area contributed by atoms with E-state index in [1.165, 1.54) is 0 Å². The molecule has 2 aromatic carbocycles. The van der Waals surface area contributed by atoms with E-state index in [0.29, 0.717) is 39.1 Å². The lowest BCUT2D eigenvalue weighted by molar-refractivity contribution is -0.0743. The highest BCUT2D eigenvalue weighted by molar-refractivity contribution is 5.49. The average molecular weight is 457 g/mol. The molecule has 33 heavy (non-hydrogen) atoms. The lowest BCUT2D eigenvalue weighted by Crippen LogP contribution is -2.55. The van der Waals surface area contributed by atoms with Crippen LogP contribution >= 0.6 is 0 Å². The van der Waals surface area contributed by atoms with Crippen LogP contribution < -0.4 is 14.4 Å². The summed E-state index contributed by atoms with van der Waals surface area (Å²) in [5.74, 6) is 1.61. The van der Waals surface area contributed by atoms with Crippen molar-refractivity contribution in [1.82, 2.24) is 4.90 Å². The fraction of sp³-hybridized carbons (Fsp3) is 0.538. The van der Waals surface area contributed by atoms with E-state index < -0.39 is 11.2 Å². The maximum absolute atomic E-state index is 11.3. The van der Waals surface area contributed by atoms with Crippen molar-refractivity contribution >= 4 is 5.69 Å². The van der Waals surface area contributed by atoms with Gasteiger partial charge in [0.05, 0.1) is 25.9 Å². The van der Waals surface area contributed by atoms with E-state index in [2.05, 4.69) is 21.9 Å². The fourth-order valence-corrected chi connectivity index (χ4v) is 4.70. The number of hydrogen-bond acceptors (Lipinski definition) is 7. The molecule has 2 aromatic rings. The van der Waals surface area contributed by atoms with Crippen LogP contribution in [0.1, 0.15) is 18.4 Å². The summed E-state index contributed by atoms with van der Waals surface area (Å²) in [6.07, 6.45) is 1.35. The van der Waals surface area contributed by atoms with E-state index in [9.17, 15) is 10.2 Å². The van der Waals surface area contributed by atoms with Crippen LogP contribution in [-0.4, -0.2) is 86.0 Å². The molecule has 2 aliphatic heterocycles. The number of rotatable bonds is 7. The molecule has 2 fully saturated rings. The summed E-state index contributed by atoms with van der Waals surface area (Å²) >= 11 is 0. The van der Waals surface area contributed by atoms with Gasteiger partial charge in [0.1, 0.15) is 23.7 Å². The Morgan fingerprint density at radius 2 is 1.70 bits per heavy atom. The van der Waals surface area contributed by atoms with Gasteiger partial charge in [0, 0.05) is 38.4 Å². The number of piperidine rings is 1. The molecule has 0 bridgehead atoms. The Balaban J connectivity index is 1.33. The highest BCUT2D eigenvalue weighted by atomic mass is 16.5. The average Bonchev–Trinajstić information content (AvgIpc) is 3.00. The van der Waals surface area contributed by atoms with Gasteiger partial charge in [-0.1, -0.05) is 18.2 Å². The van der Waals surface area contributed by atoms with Crippen molar-refractivity contribution in [2.45, 2.75) is 31.0 Å². The number of aryl methyl sites for hydroxylation is 1. The molecule has 0 saturated carbocycles. The van der Waals surface area contributed by atoms with Crippen LogP contribution in [0.25, 0.3) is 0 Å². The van der Waals surface area contributed by atoms with Gasteiger partial charge in [-0.15, -0.1) is 0 Å². The van der Waals surface area contributed by atoms with Crippen LogP contribution in [0.5, 0.6) is 11.5 Å². The Morgan fingerprint density at radius 3 is 2.39 bits per heavy atom. The quantitative estimate of drug-likeness (QED) is 0.663. The Bertz CT molecular complexity index is 898. The molecule has 2 aliphatic rings. The van der Waals surface area contributed by atoms with Gasteiger partial charge in [-0.25, -0.2) is 0 Å². The molecular formula is C26H36N2O5. The van der Waals surface area contributed by atoms with Crippen molar-refractivity contribution in [3.05, 3.63) is 54.1 Å². The standard InChI is InChI=1S/C26H36N2O5/c1-21-5-3-4-6-24(21)33-20-26(30)18-27(15-16-32-19-26)17-25(29)11-13-28(14-12-25)22-7-9-23(31-2)10-8-22/h3-10,29-30H,11-20H2,1-2H3/t26-/m0/s1. The Morgan fingerprint density at radius 1 is 0.970 bits per heavy atom. The first-order valence-corrected chi connectivity index (χ1v) is 11.7. The number of para-hydroxylation sites is 1. The van der Waals surface area contributed by atoms with Crippen LogP contribution in [0.15, 0.2) is 48.5 Å². The molecular weight excluding hydrogens is 420 g/mol. The SMILES string of the molecule is COc1ccc(N2CCC(O)(CN3CCOC[C@](O)(COc4ccccc4C)C3)CC2)cc1. The number of methoxy groups -OCH3 is 1. The molecule has 0 spiro atoms. The van der Waals surface area contributed by atoms with Gasteiger partial charge < -0.3 is 29.3 Å². The van der Waals surface area contributed by atoms with Crippen molar-refractivity contribution in [1.29, 1.82) is 0 Å². The number of hydrogen-bond donors (Lipinski definition) is 2. The van der Waals surface area contributed by atoms with E-state index in [1.54, 1.807) is 7.11 Å². The molecule has 1 atom stereocenters. The normalized spacial score (nSPS) is 23.7. The zero-order chi connectivity index (χ0) is 23.3. The summed E-state index contributed by atoms with van der Waals surface area (Å²) < 4.78 is 16.9. The number of benzene rings is 2. The maximum atomic E-state index is 11.3.